The molecule has 0 aliphatic carbocycles. The molecule has 8 heteroatoms. The van der Waals surface area contributed by atoms with E-state index in [9.17, 15) is 9.59 Å². The molecule has 1 N–H and O–H groups in total. The lowest BCUT2D eigenvalue weighted by molar-refractivity contribution is -0.136. The van der Waals surface area contributed by atoms with Crippen molar-refractivity contribution >= 4 is 33.9 Å². The number of ether oxygens (including phenoxy) is 1. The number of imidazole rings is 1. The molecule has 1 amide bonds. The second kappa shape index (κ2) is 6.14. The third-order valence-corrected chi connectivity index (χ3v) is 5.39. The predicted molar refractivity (Wildman–Crippen MR) is 98.1 cm³/mol. The van der Waals surface area contributed by atoms with Crippen LogP contribution >= 0.6 is 11.3 Å². The number of benzene rings is 1. The molecule has 1 aliphatic heterocycles. The smallest absolute Gasteiger partial charge is 0.309 e. The molecule has 1 aliphatic rings. The summed E-state index contributed by atoms with van der Waals surface area (Å²) < 4.78 is 7.41. The number of carbonyl (C=O) groups is 2. The number of hydrogen-bond donors (Lipinski definition) is 1. The van der Waals surface area contributed by atoms with Crippen LogP contribution in [0, 0.1) is 0 Å². The molecule has 0 radical (unpaired) electrons. The molecule has 3 heterocycles. The maximum Gasteiger partial charge on any atom is 0.309 e. The second-order valence-corrected chi connectivity index (χ2v) is 6.94. The third kappa shape index (κ3) is 2.53. The van der Waals surface area contributed by atoms with E-state index in [1.807, 2.05) is 34.9 Å². The van der Waals surface area contributed by atoms with Gasteiger partial charge in [-0.25, -0.2) is 4.98 Å². The van der Waals surface area contributed by atoms with Gasteiger partial charge in [-0.2, -0.15) is 0 Å². The lowest BCUT2D eigenvalue weighted by Crippen LogP contribution is -2.35. The summed E-state index contributed by atoms with van der Waals surface area (Å²) in [7, 11) is 1.73. The SMILES string of the molecule is CCc1c(-c2ccc3c(c2)N(C)C(=O)CO3)nc2scc(CC(=O)O)n12. The summed E-state index contributed by atoms with van der Waals surface area (Å²) in [6.07, 6.45) is 0.667. The van der Waals surface area contributed by atoms with Crippen molar-refractivity contribution in [2.45, 2.75) is 19.8 Å². The van der Waals surface area contributed by atoms with Crippen molar-refractivity contribution in [2.75, 3.05) is 18.6 Å². The van der Waals surface area contributed by atoms with Crippen molar-refractivity contribution in [3.8, 4) is 17.0 Å². The fraction of sp³-hybridized carbons (Fsp3) is 0.278. The first-order valence-electron chi connectivity index (χ1n) is 8.22. The summed E-state index contributed by atoms with van der Waals surface area (Å²) in [5.74, 6) is -0.297. The van der Waals surface area contributed by atoms with Crippen LogP contribution in [-0.2, 0) is 22.4 Å². The Balaban J connectivity index is 1.86. The number of likely N-dealkylation sites (N-methyl/N-ethyl adjacent to an activating group) is 1. The summed E-state index contributed by atoms with van der Waals surface area (Å²) in [5.41, 5.74) is 4.08. The molecule has 3 aromatic rings. The van der Waals surface area contributed by atoms with E-state index in [1.165, 1.54) is 11.3 Å². The van der Waals surface area contributed by atoms with Gasteiger partial charge in [0.05, 0.1) is 23.5 Å². The first-order valence-corrected chi connectivity index (χ1v) is 9.10. The molecule has 26 heavy (non-hydrogen) atoms. The van der Waals surface area contributed by atoms with Crippen molar-refractivity contribution in [2.24, 2.45) is 0 Å². The van der Waals surface area contributed by atoms with E-state index in [0.717, 1.165) is 27.6 Å². The first-order chi connectivity index (χ1) is 12.5. The molecule has 2 aromatic heterocycles. The number of amides is 1. The zero-order valence-corrected chi connectivity index (χ0v) is 15.2. The minimum atomic E-state index is -0.868. The average Bonchev–Trinajstić information content (AvgIpc) is 3.17. The van der Waals surface area contributed by atoms with Gasteiger partial charge in [0, 0.05) is 23.7 Å². The number of anilines is 1. The highest BCUT2D eigenvalue weighted by Gasteiger charge is 2.24. The first kappa shape index (κ1) is 16.6. The van der Waals surface area contributed by atoms with Crippen LogP contribution < -0.4 is 9.64 Å². The van der Waals surface area contributed by atoms with Crippen LogP contribution in [0.3, 0.4) is 0 Å². The van der Waals surface area contributed by atoms with Crippen molar-refractivity contribution in [3.63, 3.8) is 0 Å². The Bertz CT molecular complexity index is 1040. The van der Waals surface area contributed by atoms with Crippen LogP contribution in [0.25, 0.3) is 16.2 Å². The van der Waals surface area contributed by atoms with Crippen LogP contribution in [0.1, 0.15) is 18.3 Å². The number of hydrogen-bond acceptors (Lipinski definition) is 5. The summed E-state index contributed by atoms with van der Waals surface area (Å²) >= 11 is 1.43. The van der Waals surface area contributed by atoms with Crippen LogP contribution in [0.5, 0.6) is 5.75 Å². The summed E-state index contributed by atoms with van der Waals surface area (Å²) in [6.45, 7) is 2.06. The predicted octanol–water partition coefficient (Wildman–Crippen LogP) is 2.61. The highest BCUT2D eigenvalue weighted by molar-refractivity contribution is 7.15. The molecule has 0 saturated carbocycles. The van der Waals surface area contributed by atoms with E-state index < -0.39 is 5.97 Å². The normalized spacial score (nSPS) is 13.8. The standard InChI is InChI=1S/C18H17N3O4S/c1-3-12-17(19-18-21(12)11(9-26-18)7-16(23)24)10-4-5-14-13(6-10)20(2)15(22)8-25-14/h4-6,9H,3,7-8H2,1-2H3,(H,23,24). The van der Waals surface area contributed by atoms with Crippen molar-refractivity contribution in [1.82, 2.24) is 9.38 Å². The average molecular weight is 371 g/mol. The van der Waals surface area contributed by atoms with Gasteiger partial charge in [-0.1, -0.05) is 6.92 Å². The number of aryl methyl sites for hydroxylation is 1. The molecule has 0 unspecified atom stereocenters. The van der Waals surface area contributed by atoms with Gasteiger partial charge in [-0.15, -0.1) is 11.3 Å². The molecule has 4 rings (SSSR count). The fourth-order valence-corrected chi connectivity index (χ4v) is 4.14. The van der Waals surface area contributed by atoms with E-state index in [0.29, 0.717) is 17.9 Å². The summed E-state index contributed by atoms with van der Waals surface area (Å²) in [6, 6.07) is 5.67. The Hall–Kier alpha value is -2.87. The maximum absolute atomic E-state index is 11.9. The molecule has 0 atom stereocenters. The Labute approximate surface area is 153 Å². The maximum atomic E-state index is 11.9. The van der Waals surface area contributed by atoms with Gasteiger partial charge in [0.25, 0.3) is 5.91 Å². The van der Waals surface area contributed by atoms with Gasteiger partial charge in [0.15, 0.2) is 11.6 Å². The van der Waals surface area contributed by atoms with Gasteiger partial charge in [0.1, 0.15) is 5.75 Å². The van der Waals surface area contributed by atoms with Crippen LogP contribution in [0.4, 0.5) is 5.69 Å². The number of aromatic nitrogens is 2. The topological polar surface area (TPSA) is 84.1 Å². The largest absolute Gasteiger partial charge is 0.482 e. The highest BCUT2D eigenvalue weighted by atomic mass is 32.1. The van der Waals surface area contributed by atoms with Crippen molar-refractivity contribution in [3.05, 3.63) is 35.0 Å². The highest BCUT2D eigenvalue weighted by Crippen LogP contribution is 2.37. The third-order valence-electron chi connectivity index (χ3n) is 4.52. The van der Waals surface area contributed by atoms with E-state index in [-0.39, 0.29) is 18.9 Å². The van der Waals surface area contributed by atoms with Gasteiger partial charge in [-0.3, -0.25) is 14.0 Å². The Morgan fingerprint density at radius 2 is 2.23 bits per heavy atom. The fourth-order valence-electron chi connectivity index (χ4n) is 3.23. The number of rotatable bonds is 4. The number of nitrogens with zero attached hydrogens (tertiary/aromatic N) is 3. The minimum Gasteiger partial charge on any atom is -0.482 e. The van der Waals surface area contributed by atoms with Gasteiger partial charge >= 0.3 is 5.97 Å². The molecule has 0 bridgehead atoms. The summed E-state index contributed by atoms with van der Waals surface area (Å²) in [4.78, 5) is 30.1. The number of aliphatic carboxylic acids is 1. The lowest BCUT2D eigenvalue weighted by atomic mass is 10.1. The molecule has 134 valence electrons. The number of carbonyl (C=O) groups excluding carboxylic acids is 1. The Morgan fingerprint density at radius 1 is 1.42 bits per heavy atom. The van der Waals surface area contributed by atoms with Crippen LogP contribution in [-0.4, -0.2) is 40.0 Å². The molecule has 0 spiro atoms. The quantitative estimate of drug-likeness (QED) is 0.762. The van der Waals surface area contributed by atoms with Crippen LogP contribution in [0.15, 0.2) is 23.6 Å². The zero-order chi connectivity index (χ0) is 18.4. The van der Waals surface area contributed by atoms with E-state index in [1.54, 1.807) is 11.9 Å². The molecular formula is C18H17N3O4S. The number of thiazole rings is 1. The van der Waals surface area contributed by atoms with E-state index in [4.69, 9.17) is 14.8 Å². The monoisotopic (exact) mass is 371 g/mol. The molecule has 7 nitrogen and oxygen atoms in total. The number of carboxylic acid groups (broad SMARTS) is 1. The minimum absolute atomic E-state index is 0.0435. The lowest BCUT2D eigenvalue weighted by Gasteiger charge is -2.26. The Morgan fingerprint density at radius 3 is 2.96 bits per heavy atom. The van der Waals surface area contributed by atoms with Crippen molar-refractivity contribution < 1.29 is 19.4 Å². The van der Waals surface area contributed by atoms with Gasteiger partial charge in [0.2, 0.25) is 0 Å². The molecular weight excluding hydrogens is 354 g/mol. The summed E-state index contributed by atoms with van der Waals surface area (Å²) in [5, 5.41) is 11.0. The number of fused-ring (bicyclic) bond motifs is 2. The van der Waals surface area contributed by atoms with Gasteiger partial charge in [-0.05, 0) is 24.6 Å². The van der Waals surface area contributed by atoms with Crippen molar-refractivity contribution in [1.29, 1.82) is 0 Å². The second-order valence-electron chi connectivity index (χ2n) is 6.10. The molecule has 0 fully saturated rings. The number of carboxylic acids is 1. The molecule has 0 saturated heterocycles. The van der Waals surface area contributed by atoms with Crippen LogP contribution in [0.2, 0.25) is 0 Å². The molecule has 1 aromatic carbocycles. The zero-order valence-electron chi connectivity index (χ0n) is 14.4. The van der Waals surface area contributed by atoms with Gasteiger partial charge < -0.3 is 14.7 Å². The van der Waals surface area contributed by atoms with E-state index in [2.05, 4.69) is 0 Å². The Kier molecular flexibility index (Phi) is 3.91. The van der Waals surface area contributed by atoms with E-state index >= 15 is 0 Å².